The van der Waals surface area contributed by atoms with Gasteiger partial charge in [0.1, 0.15) is 0 Å². The highest BCUT2D eigenvalue weighted by Crippen LogP contribution is 2.07. The van der Waals surface area contributed by atoms with Crippen LogP contribution in [0.2, 0.25) is 0 Å². The van der Waals surface area contributed by atoms with Crippen molar-refractivity contribution < 1.29 is 0 Å². The smallest absolute Gasteiger partial charge is 0.181 e. The second kappa shape index (κ2) is 6.47. The van der Waals surface area contributed by atoms with Crippen molar-refractivity contribution in [1.82, 2.24) is 25.5 Å². The average molecular weight is 277 g/mol. The Morgan fingerprint density at radius 1 is 0.952 bits per heavy atom. The summed E-state index contributed by atoms with van der Waals surface area (Å²) in [6, 6.07) is 20.0. The van der Waals surface area contributed by atoms with E-state index in [1.807, 2.05) is 60.8 Å². The Morgan fingerprint density at radius 2 is 1.67 bits per heavy atom. The molecule has 0 spiro atoms. The number of hydrogen-bond acceptors (Lipinski definition) is 4. The van der Waals surface area contributed by atoms with E-state index in [-0.39, 0.29) is 0 Å². The number of aromatic nitrogens is 4. The van der Waals surface area contributed by atoms with E-state index in [9.17, 15) is 0 Å². The van der Waals surface area contributed by atoms with E-state index in [2.05, 4.69) is 33.0 Å². The van der Waals surface area contributed by atoms with Crippen molar-refractivity contribution in [1.29, 1.82) is 0 Å². The summed E-state index contributed by atoms with van der Waals surface area (Å²) in [5, 5.41) is 15.0. The maximum atomic E-state index is 4.01. The third kappa shape index (κ3) is 3.33. The molecule has 1 aromatic heterocycles. The predicted octanol–water partition coefficient (Wildman–Crippen LogP) is 2.42. The molecule has 2 aromatic carbocycles. The molecule has 0 aliphatic rings. The molecule has 5 nitrogen and oxygen atoms in total. The molecule has 104 valence electrons. The second-order valence-electron chi connectivity index (χ2n) is 4.48. The molecule has 3 rings (SSSR count). The van der Waals surface area contributed by atoms with E-state index in [1.165, 1.54) is 5.56 Å². The van der Waals surface area contributed by atoms with E-state index in [0.29, 0.717) is 5.82 Å². The zero-order chi connectivity index (χ0) is 14.3. The normalized spacial score (nSPS) is 10.9. The van der Waals surface area contributed by atoms with Crippen LogP contribution in [0.1, 0.15) is 11.4 Å². The quantitative estimate of drug-likeness (QED) is 0.778. The summed E-state index contributed by atoms with van der Waals surface area (Å²) in [5.74, 6) is 0.682. The highest BCUT2D eigenvalue weighted by Gasteiger charge is 2.03. The highest BCUT2D eigenvalue weighted by atomic mass is 15.5. The van der Waals surface area contributed by atoms with Gasteiger partial charge in [0.2, 0.25) is 0 Å². The first-order chi connectivity index (χ1) is 10.4. The van der Waals surface area contributed by atoms with Crippen LogP contribution in [-0.2, 0) is 6.54 Å². The zero-order valence-electron chi connectivity index (χ0n) is 11.4. The van der Waals surface area contributed by atoms with E-state index in [4.69, 9.17) is 0 Å². The topological polar surface area (TPSA) is 55.6 Å². The molecule has 0 aliphatic heterocycles. The summed E-state index contributed by atoms with van der Waals surface area (Å²) < 4.78 is 1.70. The first kappa shape index (κ1) is 13.1. The van der Waals surface area contributed by atoms with Gasteiger partial charge in [-0.1, -0.05) is 48.5 Å². The minimum Gasteiger partial charge on any atom is -0.387 e. The molecule has 0 saturated heterocycles. The molecular weight excluding hydrogens is 262 g/mol. The van der Waals surface area contributed by atoms with Crippen LogP contribution >= 0.6 is 0 Å². The van der Waals surface area contributed by atoms with Crippen LogP contribution < -0.4 is 5.32 Å². The standard InChI is InChI=1S/C16H15N5/c1-3-7-14(8-4-1)13-17-12-11-16-18-19-20-21(16)15-9-5-2-6-10-15/h1-12,17H,13H2/b12-11-. The molecule has 0 saturated carbocycles. The molecule has 0 unspecified atom stereocenters. The van der Waals surface area contributed by atoms with Gasteiger partial charge < -0.3 is 5.32 Å². The first-order valence-electron chi connectivity index (χ1n) is 6.71. The molecule has 1 N–H and O–H groups in total. The molecule has 0 bridgehead atoms. The van der Waals surface area contributed by atoms with Gasteiger partial charge in [-0.2, -0.15) is 4.68 Å². The van der Waals surface area contributed by atoms with E-state index in [0.717, 1.165) is 12.2 Å². The fourth-order valence-corrected chi connectivity index (χ4v) is 1.96. The van der Waals surface area contributed by atoms with Gasteiger partial charge in [0, 0.05) is 18.8 Å². The lowest BCUT2D eigenvalue weighted by Gasteiger charge is -2.02. The Labute approximate surface area is 122 Å². The SMILES string of the molecule is C(=C/c1nnnn1-c1ccccc1)/NCc1ccccc1. The summed E-state index contributed by atoms with van der Waals surface area (Å²) in [7, 11) is 0. The minimum absolute atomic E-state index is 0.682. The lowest BCUT2D eigenvalue weighted by molar-refractivity contribution is 0.786. The number of nitrogens with one attached hydrogen (secondary N) is 1. The number of hydrogen-bond donors (Lipinski definition) is 1. The highest BCUT2D eigenvalue weighted by molar-refractivity contribution is 5.43. The van der Waals surface area contributed by atoms with Crippen molar-refractivity contribution in [2.45, 2.75) is 6.54 Å². The molecule has 3 aromatic rings. The lowest BCUT2D eigenvalue weighted by Crippen LogP contribution is -2.05. The van der Waals surface area contributed by atoms with Crippen molar-refractivity contribution in [3.63, 3.8) is 0 Å². The van der Waals surface area contributed by atoms with Crippen molar-refractivity contribution in [2.75, 3.05) is 0 Å². The number of tetrazole rings is 1. The maximum absolute atomic E-state index is 4.01. The van der Waals surface area contributed by atoms with Gasteiger partial charge in [0.25, 0.3) is 0 Å². The molecule has 0 amide bonds. The van der Waals surface area contributed by atoms with E-state index < -0.39 is 0 Å². The number of benzene rings is 2. The Balaban J connectivity index is 1.66. The first-order valence-corrected chi connectivity index (χ1v) is 6.71. The van der Waals surface area contributed by atoms with Gasteiger partial charge in [-0.15, -0.1) is 5.10 Å². The third-order valence-corrected chi connectivity index (χ3v) is 2.99. The fourth-order valence-electron chi connectivity index (χ4n) is 1.96. The summed E-state index contributed by atoms with van der Waals surface area (Å²) in [5.41, 5.74) is 2.16. The van der Waals surface area contributed by atoms with Gasteiger partial charge in [-0.3, -0.25) is 0 Å². The van der Waals surface area contributed by atoms with Crippen LogP contribution in [0.5, 0.6) is 0 Å². The minimum atomic E-state index is 0.682. The van der Waals surface area contributed by atoms with Gasteiger partial charge in [-0.05, 0) is 28.1 Å². The van der Waals surface area contributed by atoms with Crippen molar-refractivity contribution >= 4 is 6.08 Å². The van der Waals surface area contributed by atoms with Crippen molar-refractivity contribution in [3.8, 4) is 5.69 Å². The van der Waals surface area contributed by atoms with Crippen LogP contribution in [-0.4, -0.2) is 20.2 Å². The molecule has 0 aliphatic carbocycles. The maximum Gasteiger partial charge on any atom is 0.181 e. The Morgan fingerprint density at radius 3 is 2.43 bits per heavy atom. The van der Waals surface area contributed by atoms with E-state index >= 15 is 0 Å². The summed E-state index contributed by atoms with van der Waals surface area (Å²) >= 11 is 0. The fraction of sp³-hybridized carbons (Fsp3) is 0.0625. The Hall–Kier alpha value is -2.95. The van der Waals surface area contributed by atoms with Crippen molar-refractivity contribution in [2.24, 2.45) is 0 Å². The van der Waals surface area contributed by atoms with Crippen LogP contribution in [0.3, 0.4) is 0 Å². The van der Waals surface area contributed by atoms with Gasteiger partial charge in [0.05, 0.1) is 5.69 Å². The van der Waals surface area contributed by atoms with Crippen LogP contribution in [0.15, 0.2) is 66.9 Å². The molecular formula is C16H15N5. The molecule has 21 heavy (non-hydrogen) atoms. The lowest BCUT2D eigenvalue weighted by atomic mass is 10.2. The van der Waals surface area contributed by atoms with Crippen molar-refractivity contribution in [3.05, 3.63) is 78.3 Å². The second-order valence-corrected chi connectivity index (χ2v) is 4.48. The van der Waals surface area contributed by atoms with Gasteiger partial charge >= 0.3 is 0 Å². The molecule has 0 atom stereocenters. The predicted molar refractivity (Wildman–Crippen MR) is 81.5 cm³/mol. The Kier molecular flexibility index (Phi) is 4.02. The van der Waals surface area contributed by atoms with E-state index in [1.54, 1.807) is 4.68 Å². The summed E-state index contributed by atoms with van der Waals surface area (Å²) in [6.45, 7) is 0.768. The largest absolute Gasteiger partial charge is 0.387 e. The van der Waals surface area contributed by atoms with Crippen LogP contribution in [0, 0.1) is 0 Å². The molecule has 0 fully saturated rings. The monoisotopic (exact) mass is 277 g/mol. The number of rotatable bonds is 5. The average Bonchev–Trinajstić information content (AvgIpc) is 3.02. The zero-order valence-corrected chi connectivity index (χ0v) is 11.4. The Bertz CT molecular complexity index is 704. The summed E-state index contributed by atoms with van der Waals surface area (Å²) in [4.78, 5) is 0. The summed E-state index contributed by atoms with van der Waals surface area (Å²) in [6.07, 6.45) is 3.72. The number of para-hydroxylation sites is 1. The third-order valence-electron chi connectivity index (χ3n) is 2.99. The molecule has 5 heteroatoms. The van der Waals surface area contributed by atoms with Crippen LogP contribution in [0.25, 0.3) is 11.8 Å². The van der Waals surface area contributed by atoms with Crippen LogP contribution in [0.4, 0.5) is 0 Å². The number of nitrogens with zero attached hydrogens (tertiary/aromatic N) is 4. The molecule has 1 heterocycles. The van der Waals surface area contributed by atoms with Gasteiger partial charge in [-0.25, -0.2) is 0 Å². The molecule has 0 radical (unpaired) electrons. The van der Waals surface area contributed by atoms with Gasteiger partial charge in [0.15, 0.2) is 5.82 Å².